The van der Waals surface area contributed by atoms with E-state index in [-0.39, 0.29) is 35.4 Å². The molecule has 1 aliphatic carbocycles. The monoisotopic (exact) mass is 437 g/mol. The first-order valence-corrected chi connectivity index (χ1v) is 10.1. The summed E-state index contributed by atoms with van der Waals surface area (Å²) in [4.78, 5) is 30.6. The van der Waals surface area contributed by atoms with E-state index in [1.807, 2.05) is 5.32 Å². The molecular formula is C23H25N7O2. The molecule has 1 aliphatic heterocycles. The second-order valence-corrected chi connectivity index (χ2v) is 7.92. The van der Waals surface area contributed by atoms with Crippen molar-refractivity contribution >= 4 is 34.7 Å². The maximum atomic E-state index is 12.9. The molecule has 1 saturated carbocycles. The van der Waals surface area contributed by atoms with E-state index in [9.17, 15) is 9.59 Å². The molecule has 164 valence electrons. The largest absolute Gasteiger partial charge is 0.368 e. The fourth-order valence-electron chi connectivity index (χ4n) is 3.85. The third-order valence-corrected chi connectivity index (χ3v) is 5.52. The van der Waals surface area contributed by atoms with E-state index in [4.69, 9.17) is 8.22 Å². The van der Waals surface area contributed by atoms with Crippen molar-refractivity contribution in [2.75, 3.05) is 29.5 Å². The lowest BCUT2D eigenvalue weighted by atomic mass is 9.99. The van der Waals surface area contributed by atoms with Gasteiger partial charge in [-0.05, 0) is 18.9 Å². The van der Waals surface area contributed by atoms with Crippen LogP contribution in [0.2, 0.25) is 0 Å². The Balaban J connectivity index is 1.60. The molecule has 3 aromatic rings. The number of pyridine rings is 1. The number of anilines is 4. The molecule has 0 saturated heterocycles. The van der Waals surface area contributed by atoms with E-state index >= 15 is 0 Å². The van der Waals surface area contributed by atoms with Gasteiger partial charge in [0.25, 0.3) is 5.91 Å². The Morgan fingerprint density at radius 1 is 1.25 bits per heavy atom. The predicted molar refractivity (Wildman–Crippen MR) is 123 cm³/mol. The summed E-state index contributed by atoms with van der Waals surface area (Å²) in [7, 11) is 1.75. The lowest BCUT2D eigenvalue weighted by molar-refractivity contribution is -0.117. The molecule has 3 heterocycles. The smallest absolute Gasteiger partial charge is 0.254 e. The number of nitrogens with zero attached hydrogens (tertiary/aromatic N) is 4. The molecule has 0 radical (unpaired) electrons. The molecule has 0 atom stereocenters. The van der Waals surface area contributed by atoms with Gasteiger partial charge in [-0.2, -0.15) is 5.10 Å². The maximum Gasteiger partial charge on any atom is 0.254 e. The number of amides is 2. The molecule has 9 nitrogen and oxygen atoms in total. The summed E-state index contributed by atoms with van der Waals surface area (Å²) in [5.74, 6) is -1.03. The van der Waals surface area contributed by atoms with Crippen LogP contribution in [-0.2, 0) is 18.4 Å². The highest BCUT2D eigenvalue weighted by Gasteiger charge is 2.30. The molecule has 2 aliphatic rings. The van der Waals surface area contributed by atoms with E-state index in [0.29, 0.717) is 22.6 Å². The zero-order valence-electron chi connectivity index (χ0n) is 23.3. The number of hydrogen-bond donors (Lipinski definition) is 3. The van der Waals surface area contributed by atoms with Crippen molar-refractivity contribution in [3.63, 3.8) is 0 Å². The van der Waals surface area contributed by atoms with Gasteiger partial charge in [0.05, 0.1) is 28.3 Å². The number of fused-ring (bicyclic) bond motifs is 3. The number of aryl methyl sites for hydroxylation is 1. The number of carbonyl (C=O) groups excluding carboxylic acids is 2. The molecule has 1 fully saturated rings. The third kappa shape index (κ3) is 3.55. The van der Waals surface area contributed by atoms with Gasteiger partial charge in [0.2, 0.25) is 5.91 Å². The number of carbonyl (C=O) groups is 2. The van der Waals surface area contributed by atoms with Gasteiger partial charge in [0.1, 0.15) is 5.82 Å². The number of aromatic nitrogens is 3. The Labute approximate surface area is 194 Å². The van der Waals surface area contributed by atoms with Crippen LogP contribution in [0.1, 0.15) is 37.0 Å². The van der Waals surface area contributed by atoms with Gasteiger partial charge in [-0.15, -0.1) is 0 Å². The number of para-hydroxylation sites is 1. The van der Waals surface area contributed by atoms with Crippen LogP contribution in [0.3, 0.4) is 0 Å². The standard InChI is InChI=1S/C23H25N7O2/c1-24-23(32)16-10-25-19(27-22(31)13-7-8-13)9-18(16)26-17-6-4-5-15-20-14(12-30(3)28-20)11-29(2)21(15)17/h4-6,9-10,12-13H,7-8,11H2,1-3H3,(H,24,32)(H2,25,26,27,31)/i1D3,2D3. The minimum absolute atomic E-state index is 0.0802. The Hall–Kier alpha value is -3.88. The third-order valence-electron chi connectivity index (χ3n) is 5.52. The minimum Gasteiger partial charge on any atom is -0.368 e. The van der Waals surface area contributed by atoms with Gasteiger partial charge in [0, 0.05) is 71.3 Å². The second-order valence-electron chi connectivity index (χ2n) is 7.92. The Morgan fingerprint density at radius 2 is 2.12 bits per heavy atom. The highest BCUT2D eigenvalue weighted by atomic mass is 16.2. The lowest BCUT2D eigenvalue weighted by Crippen LogP contribution is -2.23. The molecule has 1 aromatic carbocycles. The normalized spacial score (nSPS) is 18.0. The Kier molecular flexibility index (Phi) is 3.41. The lowest BCUT2D eigenvalue weighted by Gasteiger charge is -2.29. The quantitative estimate of drug-likeness (QED) is 0.567. The summed E-state index contributed by atoms with van der Waals surface area (Å²) in [6.45, 7) is -5.16. The fourth-order valence-corrected chi connectivity index (χ4v) is 3.85. The molecule has 2 aromatic heterocycles. The first-order valence-electron chi connectivity index (χ1n) is 13.1. The molecule has 0 unspecified atom stereocenters. The predicted octanol–water partition coefficient (Wildman–Crippen LogP) is 2.88. The molecule has 0 spiro atoms. The van der Waals surface area contributed by atoms with Crippen LogP contribution in [0, 0.1) is 5.92 Å². The van der Waals surface area contributed by atoms with Gasteiger partial charge < -0.3 is 20.9 Å². The van der Waals surface area contributed by atoms with Gasteiger partial charge >= 0.3 is 0 Å². The van der Waals surface area contributed by atoms with Crippen LogP contribution in [0.4, 0.5) is 22.9 Å². The molecule has 32 heavy (non-hydrogen) atoms. The van der Waals surface area contributed by atoms with Gasteiger partial charge in [-0.25, -0.2) is 4.98 Å². The maximum absolute atomic E-state index is 12.9. The molecule has 0 bridgehead atoms. The average Bonchev–Trinajstić information content (AvgIpc) is 3.58. The van der Waals surface area contributed by atoms with Crippen LogP contribution >= 0.6 is 0 Å². The summed E-state index contributed by atoms with van der Waals surface area (Å²) in [5.41, 5.74) is 2.71. The number of nitrogens with one attached hydrogen (secondary N) is 3. The topological polar surface area (TPSA) is 104 Å². The SMILES string of the molecule is [2H]C([2H])([2H])NC(=O)c1cnc(NC(=O)C2CC2)cc1Nc1cccc2c1N(C([2H])([2H])[2H])Cc1cn(C)nc1-2. The number of benzene rings is 1. The Bertz CT molecular complexity index is 1430. The summed E-state index contributed by atoms with van der Waals surface area (Å²) in [5, 5.41) is 12.3. The van der Waals surface area contributed by atoms with Crippen LogP contribution in [-0.4, -0.2) is 40.5 Å². The molecule has 9 heteroatoms. The first kappa shape index (κ1) is 14.2. The van der Waals surface area contributed by atoms with Crippen molar-refractivity contribution in [1.29, 1.82) is 0 Å². The van der Waals surface area contributed by atoms with Gasteiger partial charge in [-0.3, -0.25) is 14.3 Å². The highest BCUT2D eigenvalue weighted by Crippen LogP contribution is 2.43. The average molecular weight is 438 g/mol. The van der Waals surface area contributed by atoms with E-state index in [1.54, 1.807) is 36.1 Å². The first-order chi connectivity index (χ1) is 17.8. The van der Waals surface area contributed by atoms with Crippen molar-refractivity contribution in [3.05, 3.63) is 47.8 Å². The van der Waals surface area contributed by atoms with Crippen LogP contribution in [0.15, 0.2) is 36.7 Å². The number of rotatable bonds is 5. The van der Waals surface area contributed by atoms with E-state index in [0.717, 1.165) is 18.4 Å². The fraction of sp³-hybridized carbons (Fsp3) is 0.304. The van der Waals surface area contributed by atoms with Crippen molar-refractivity contribution in [2.45, 2.75) is 19.4 Å². The van der Waals surface area contributed by atoms with E-state index < -0.39 is 19.9 Å². The van der Waals surface area contributed by atoms with Crippen LogP contribution < -0.4 is 20.9 Å². The molecule has 2 amide bonds. The zero-order chi connectivity index (χ0) is 27.4. The summed E-state index contributed by atoms with van der Waals surface area (Å²) >= 11 is 0. The minimum atomic E-state index is -2.74. The van der Waals surface area contributed by atoms with Crippen molar-refractivity contribution in [3.8, 4) is 11.3 Å². The van der Waals surface area contributed by atoms with E-state index in [1.165, 1.54) is 17.2 Å². The summed E-state index contributed by atoms with van der Waals surface area (Å²) in [6, 6.07) is 6.56. The molecule has 5 rings (SSSR count). The van der Waals surface area contributed by atoms with Crippen molar-refractivity contribution in [1.82, 2.24) is 20.1 Å². The summed E-state index contributed by atoms with van der Waals surface area (Å²) < 4.78 is 48.3. The van der Waals surface area contributed by atoms with Gasteiger partial charge in [0.15, 0.2) is 0 Å². The summed E-state index contributed by atoms with van der Waals surface area (Å²) in [6.07, 6.45) is 4.50. The van der Waals surface area contributed by atoms with Crippen molar-refractivity contribution in [2.24, 2.45) is 13.0 Å². The van der Waals surface area contributed by atoms with Crippen LogP contribution in [0.5, 0.6) is 0 Å². The Morgan fingerprint density at radius 3 is 2.91 bits per heavy atom. The van der Waals surface area contributed by atoms with Gasteiger partial charge in [-0.1, -0.05) is 12.1 Å². The van der Waals surface area contributed by atoms with Crippen LogP contribution in [0.25, 0.3) is 11.3 Å². The highest BCUT2D eigenvalue weighted by molar-refractivity contribution is 6.02. The van der Waals surface area contributed by atoms with Crippen molar-refractivity contribution < 1.29 is 17.8 Å². The van der Waals surface area contributed by atoms with E-state index in [2.05, 4.69) is 20.7 Å². The number of hydrogen-bond acceptors (Lipinski definition) is 6. The zero-order valence-corrected chi connectivity index (χ0v) is 17.3. The molecular weight excluding hydrogens is 406 g/mol. The molecule has 3 N–H and O–H groups in total. The second kappa shape index (κ2) is 7.67.